The fraction of sp³-hybridized carbons (Fsp3) is 0.562. The van der Waals surface area contributed by atoms with Crippen molar-refractivity contribution in [2.75, 3.05) is 26.8 Å². The molecule has 1 aromatic rings. The van der Waals surface area contributed by atoms with Crippen LogP contribution < -0.4 is 15.4 Å². The number of rotatable bonds is 9. The van der Waals surface area contributed by atoms with E-state index in [1.807, 2.05) is 19.9 Å². The van der Waals surface area contributed by atoms with Crippen LogP contribution in [0.25, 0.3) is 0 Å². The van der Waals surface area contributed by atoms with Gasteiger partial charge in [0, 0.05) is 38.9 Å². The predicted octanol–water partition coefficient (Wildman–Crippen LogP) is 2.69. The summed E-state index contributed by atoms with van der Waals surface area (Å²) in [5.74, 6) is 0.774. The lowest BCUT2D eigenvalue weighted by Gasteiger charge is -2.15. The second-order valence-corrected chi connectivity index (χ2v) is 4.89. The van der Waals surface area contributed by atoms with E-state index in [9.17, 15) is 8.78 Å². The Bertz CT molecular complexity index is 496. The van der Waals surface area contributed by atoms with E-state index in [0.29, 0.717) is 37.8 Å². The monoisotopic (exact) mass is 329 g/mol. The fourth-order valence-electron chi connectivity index (χ4n) is 1.98. The minimum atomic E-state index is -2.84. The summed E-state index contributed by atoms with van der Waals surface area (Å²) >= 11 is 0. The highest BCUT2D eigenvalue weighted by molar-refractivity contribution is 5.79. The van der Waals surface area contributed by atoms with Crippen molar-refractivity contribution in [1.82, 2.24) is 10.6 Å². The third-order valence-corrected chi connectivity index (χ3v) is 3.06. The van der Waals surface area contributed by atoms with E-state index in [2.05, 4.69) is 20.4 Å². The van der Waals surface area contributed by atoms with Gasteiger partial charge in [-0.2, -0.15) is 8.78 Å². The molecule has 0 aliphatic carbocycles. The van der Waals surface area contributed by atoms with Gasteiger partial charge in [0.15, 0.2) is 5.96 Å². The molecule has 0 aliphatic heterocycles. The minimum absolute atomic E-state index is 0.171. The highest BCUT2D eigenvalue weighted by atomic mass is 19.3. The summed E-state index contributed by atoms with van der Waals surface area (Å²) in [5.41, 5.74) is 1.63. The highest BCUT2D eigenvalue weighted by Gasteiger charge is 2.10. The van der Waals surface area contributed by atoms with Crippen LogP contribution in [0, 0.1) is 6.92 Å². The van der Waals surface area contributed by atoms with Gasteiger partial charge in [-0.3, -0.25) is 4.99 Å². The van der Waals surface area contributed by atoms with Crippen molar-refractivity contribution < 1.29 is 18.3 Å². The van der Waals surface area contributed by atoms with Crippen LogP contribution in [0.2, 0.25) is 0 Å². The molecule has 130 valence electrons. The Labute approximate surface area is 136 Å². The van der Waals surface area contributed by atoms with E-state index < -0.39 is 6.61 Å². The molecule has 23 heavy (non-hydrogen) atoms. The third-order valence-electron chi connectivity index (χ3n) is 3.06. The van der Waals surface area contributed by atoms with Crippen molar-refractivity contribution in [2.24, 2.45) is 4.99 Å². The summed E-state index contributed by atoms with van der Waals surface area (Å²) < 4.78 is 34.7. The zero-order valence-corrected chi connectivity index (χ0v) is 13.9. The lowest BCUT2D eigenvalue weighted by atomic mass is 10.1. The van der Waals surface area contributed by atoms with Gasteiger partial charge < -0.3 is 20.1 Å². The largest absolute Gasteiger partial charge is 0.434 e. The van der Waals surface area contributed by atoms with Crippen molar-refractivity contribution in [2.45, 2.75) is 33.4 Å². The molecule has 0 aromatic heterocycles. The molecule has 0 saturated carbocycles. The Morgan fingerprint density at radius 3 is 2.74 bits per heavy atom. The van der Waals surface area contributed by atoms with Crippen LogP contribution in [0.3, 0.4) is 0 Å². The number of nitrogens with zero attached hydrogens (tertiary/aromatic N) is 1. The summed E-state index contributed by atoms with van der Waals surface area (Å²) in [6.45, 7) is 3.46. The maximum atomic E-state index is 12.4. The number of aryl methyl sites for hydroxylation is 1. The fourth-order valence-corrected chi connectivity index (χ4v) is 1.98. The van der Waals surface area contributed by atoms with Crippen molar-refractivity contribution in [3.8, 4) is 5.75 Å². The average Bonchev–Trinajstić information content (AvgIpc) is 2.52. The Morgan fingerprint density at radius 2 is 2.09 bits per heavy atom. The van der Waals surface area contributed by atoms with Crippen molar-refractivity contribution >= 4 is 5.96 Å². The predicted molar refractivity (Wildman–Crippen MR) is 87.1 cm³/mol. The second kappa shape index (κ2) is 10.8. The van der Waals surface area contributed by atoms with Gasteiger partial charge in [0.2, 0.25) is 0 Å². The molecule has 0 radical (unpaired) electrons. The maximum absolute atomic E-state index is 12.4. The number of nitrogens with one attached hydrogen (secondary N) is 2. The molecule has 0 aliphatic rings. The van der Waals surface area contributed by atoms with Gasteiger partial charge in [0.25, 0.3) is 0 Å². The average molecular weight is 329 g/mol. The molecule has 0 amide bonds. The molecule has 7 heteroatoms. The summed E-state index contributed by atoms with van der Waals surface area (Å²) in [6, 6.07) is 5.10. The zero-order chi connectivity index (χ0) is 17.1. The summed E-state index contributed by atoms with van der Waals surface area (Å²) in [5, 5.41) is 6.23. The Morgan fingerprint density at radius 1 is 1.30 bits per heavy atom. The number of hydrogen-bond donors (Lipinski definition) is 2. The standard InChI is InChI=1S/C16H25F2N3O2/c1-4-22-9-5-8-20-16(19-3)21-11-13-10-12(2)6-7-14(13)23-15(17)18/h6-7,10,15H,4-5,8-9,11H2,1-3H3,(H2,19,20,21). The minimum Gasteiger partial charge on any atom is -0.434 e. The normalized spacial score (nSPS) is 11.7. The van der Waals surface area contributed by atoms with Crippen molar-refractivity contribution in [1.29, 1.82) is 0 Å². The van der Waals surface area contributed by atoms with E-state index in [-0.39, 0.29) is 5.75 Å². The van der Waals surface area contributed by atoms with Gasteiger partial charge >= 0.3 is 6.61 Å². The van der Waals surface area contributed by atoms with Gasteiger partial charge in [0.1, 0.15) is 5.75 Å². The summed E-state index contributed by atoms with van der Waals surface area (Å²) in [7, 11) is 1.66. The zero-order valence-electron chi connectivity index (χ0n) is 13.9. The van der Waals surface area contributed by atoms with E-state index in [0.717, 1.165) is 12.0 Å². The molecule has 0 saturated heterocycles. The SMILES string of the molecule is CCOCCCNC(=NC)NCc1cc(C)ccc1OC(F)F. The first-order valence-electron chi connectivity index (χ1n) is 7.63. The van der Waals surface area contributed by atoms with Crippen LogP contribution in [0.4, 0.5) is 8.78 Å². The molecule has 0 bridgehead atoms. The Hall–Kier alpha value is -1.89. The van der Waals surface area contributed by atoms with Gasteiger partial charge in [-0.05, 0) is 26.3 Å². The molecule has 0 unspecified atom stereocenters. The van der Waals surface area contributed by atoms with Crippen molar-refractivity contribution in [3.05, 3.63) is 29.3 Å². The van der Waals surface area contributed by atoms with Crippen LogP contribution >= 0.6 is 0 Å². The smallest absolute Gasteiger partial charge is 0.387 e. The first-order valence-corrected chi connectivity index (χ1v) is 7.63. The molecule has 0 spiro atoms. The number of benzene rings is 1. The van der Waals surface area contributed by atoms with E-state index >= 15 is 0 Å². The summed E-state index contributed by atoms with van der Waals surface area (Å²) in [4.78, 5) is 4.10. The first-order chi connectivity index (χ1) is 11.1. The molecule has 0 heterocycles. The lowest BCUT2D eigenvalue weighted by Crippen LogP contribution is -2.37. The number of aliphatic imine (C=N–C) groups is 1. The lowest BCUT2D eigenvalue weighted by molar-refractivity contribution is -0.0504. The first kappa shape index (κ1) is 19.2. The molecule has 5 nitrogen and oxygen atoms in total. The van der Waals surface area contributed by atoms with Crippen LogP contribution in [0.1, 0.15) is 24.5 Å². The number of ether oxygens (including phenoxy) is 2. The van der Waals surface area contributed by atoms with Gasteiger partial charge in [0.05, 0.1) is 0 Å². The molecule has 1 rings (SSSR count). The molecule has 2 N–H and O–H groups in total. The quantitative estimate of drug-likeness (QED) is 0.415. The van der Waals surface area contributed by atoms with Crippen LogP contribution in [0.15, 0.2) is 23.2 Å². The number of halogens is 2. The van der Waals surface area contributed by atoms with E-state index in [4.69, 9.17) is 4.74 Å². The molecular formula is C16H25F2N3O2. The molecule has 0 fully saturated rings. The molecule has 0 atom stereocenters. The van der Waals surface area contributed by atoms with E-state index in [1.54, 1.807) is 19.2 Å². The Balaban J connectivity index is 2.53. The van der Waals surface area contributed by atoms with Gasteiger partial charge in [-0.25, -0.2) is 0 Å². The third kappa shape index (κ3) is 7.78. The maximum Gasteiger partial charge on any atom is 0.387 e. The number of alkyl halides is 2. The van der Waals surface area contributed by atoms with Gasteiger partial charge in [-0.15, -0.1) is 0 Å². The molecule has 1 aromatic carbocycles. The second-order valence-electron chi connectivity index (χ2n) is 4.89. The topological polar surface area (TPSA) is 54.9 Å². The highest BCUT2D eigenvalue weighted by Crippen LogP contribution is 2.21. The van der Waals surface area contributed by atoms with Crippen LogP contribution in [-0.2, 0) is 11.3 Å². The van der Waals surface area contributed by atoms with Crippen molar-refractivity contribution in [3.63, 3.8) is 0 Å². The number of guanidine groups is 1. The van der Waals surface area contributed by atoms with Crippen LogP contribution in [0.5, 0.6) is 5.75 Å². The van der Waals surface area contributed by atoms with E-state index in [1.165, 1.54) is 0 Å². The summed E-state index contributed by atoms with van der Waals surface area (Å²) in [6.07, 6.45) is 0.860. The number of hydrogen-bond acceptors (Lipinski definition) is 3. The Kier molecular flexibility index (Phi) is 8.97. The molecular weight excluding hydrogens is 304 g/mol. The van der Waals surface area contributed by atoms with Gasteiger partial charge in [-0.1, -0.05) is 17.7 Å². The van der Waals surface area contributed by atoms with Crippen LogP contribution in [-0.4, -0.2) is 39.4 Å².